The number of ether oxygens (including phenoxy) is 1. The average Bonchev–Trinajstić information content (AvgIpc) is 3.32. The topological polar surface area (TPSA) is 75.2 Å². The van der Waals surface area contributed by atoms with Gasteiger partial charge in [0.25, 0.3) is 0 Å². The molecule has 0 aliphatic carbocycles. The van der Waals surface area contributed by atoms with Gasteiger partial charge in [0.2, 0.25) is 5.88 Å². The highest BCUT2D eigenvalue weighted by Gasteiger charge is 2.42. The summed E-state index contributed by atoms with van der Waals surface area (Å²) in [5.41, 5.74) is 10.4. The van der Waals surface area contributed by atoms with Gasteiger partial charge in [-0.3, -0.25) is 0 Å². The second kappa shape index (κ2) is 10.6. The molecule has 2 aromatic heterocycles. The van der Waals surface area contributed by atoms with Crippen LogP contribution in [0.2, 0.25) is 18.1 Å². The standard InChI is InChI=1S/C33H38N4O2Si/c1-32(2,3)40(5,6)39-23-27-30-28(22-29(34)35-27)37(36-31(30)38-4)33(24-16-10-7-11-17-24,25-18-12-8-13-19-25)26-20-14-9-15-21-26/h7-22H,23H2,1-6H3,(H2,34,35). The number of nitrogen functional groups attached to an aromatic ring is 1. The summed E-state index contributed by atoms with van der Waals surface area (Å²) in [6.45, 7) is 11.5. The van der Waals surface area contributed by atoms with E-state index in [-0.39, 0.29) is 5.04 Å². The molecular formula is C33H38N4O2Si. The second-order valence-corrected chi connectivity index (χ2v) is 16.5. The van der Waals surface area contributed by atoms with Crippen molar-refractivity contribution in [1.82, 2.24) is 14.8 Å². The van der Waals surface area contributed by atoms with Gasteiger partial charge < -0.3 is 14.9 Å². The molecule has 206 valence electrons. The molecule has 0 bridgehead atoms. The molecule has 0 atom stereocenters. The lowest BCUT2D eigenvalue weighted by molar-refractivity contribution is 0.273. The number of benzene rings is 3. The van der Waals surface area contributed by atoms with Crippen molar-refractivity contribution in [1.29, 1.82) is 0 Å². The minimum absolute atomic E-state index is 0.0593. The Morgan fingerprint density at radius 1 is 0.800 bits per heavy atom. The Kier molecular flexibility index (Phi) is 7.29. The van der Waals surface area contributed by atoms with Crippen LogP contribution >= 0.6 is 0 Å². The number of nitrogens with two attached hydrogens (primary N) is 1. The van der Waals surface area contributed by atoms with Gasteiger partial charge in [0.05, 0.1) is 30.3 Å². The van der Waals surface area contributed by atoms with Crippen LogP contribution in [0.25, 0.3) is 10.9 Å². The van der Waals surface area contributed by atoms with Crippen molar-refractivity contribution in [3.05, 3.63) is 119 Å². The molecule has 6 nitrogen and oxygen atoms in total. The molecule has 0 amide bonds. The maximum atomic E-state index is 6.62. The smallest absolute Gasteiger partial charge is 0.242 e. The van der Waals surface area contributed by atoms with Gasteiger partial charge in [0.1, 0.15) is 11.4 Å². The monoisotopic (exact) mass is 550 g/mol. The van der Waals surface area contributed by atoms with Crippen LogP contribution in [0.15, 0.2) is 97.1 Å². The van der Waals surface area contributed by atoms with Gasteiger partial charge in [-0.05, 0) is 34.8 Å². The summed E-state index contributed by atoms with van der Waals surface area (Å²) >= 11 is 0. The lowest BCUT2D eigenvalue weighted by atomic mass is 9.77. The molecule has 0 unspecified atom stereocenters. The molecule has 7 heteroatoms. The molecule has 0 fully saturated rings. The van der Waals surface area contributed by atoms with Crippen LogP contribution in [0, 0.1) is 0 Å². The van der Waals surface area contributed by atoms with E-state index in [1.165, 1.54) is 0 Å². The number of hydrogen-bond acceptors (Lipinski definition) is 5. The molecule has 2 heterocycles. The van der Waals surface area contributed by atoms with Crippen LogP contribution in [0.5, 0.6) is 5.88 Å². The minimum atomic E-state index is -2.06. The van der Waals surface area contributed by atoms with E-state index in [1.807, 2.05) is 24.3 Å². The zero-order valence-corrected chi connectivity index (χ0v) is 25.2. The quantitative estimate of drug-likeness (QED) is 0.161. The van der Waals surface area contributed by atoms with Crippen molar-refractivity contribution in [2.75, 3.05) is 12.8 Å². The number of pyridine rings is 1. The van der Waals surface area contributed by atoms with Crippen molar-refractivity contribution in [3.8, 4) is 5.88 Å². The fourth-order valence-electron chi connectivity index (χ4n) is 5.07. The highest BCUT2D eigenvalue weighted by atomic mass is 28.4. The fourth-order valence-corrected chi connectivity index (χ4v) is 6.00. The Morgan fingerprint density at radius 2 is 1.27 bits per heavy atom. The molecule has 0 aliphatic rings. The summed E-state index contributed by atoms with van der Waals surface area (Å²) in [7, 11) is -0.408. The van der Waals surface area contributed by atoms with Crippen molar-refractivity contribution in [2.24, 2.45) is 0 Å². The average molecular weight is 551 g/mol. The highest BCUT2D eigenvalue weighted by molar-refractivity contribution is 6.74. The Balaban J connectivity index is 1.85. The molecule has 0 aliphatic heterocycles. The first-order valence-corrected chi connectivity index (χ1v) is 16.5. The molecule has 0 spiro atoms. The first-order valence-electron chi connectivity index (χ1n) is 13.6. The predicted molar refractivity (Wildman–Crippen MR) is 165 cm³/mol. The van der Waals surface area contributed by atoms with Crippen LogP contribution < -0.4 is 10.5 Å². The normalized spacial score (nSPS) is 12.6. The van der Waals surface area contributed by atoms with Crippen molar-refractivity contribution < 1.29 is 9.16 Å². The van der Waals surface area contributed by atoms with E-state index < -0.39 is 13.9 Å². The Labute approximate surface area is 237 Å². The third kappa shape index (κ3) is 4.69. The van der Waals surface area contributed by atoms with Crippen LogP contribution in [-0.2, 0) is 16.6 Å². The number of anilines is 1. The number of fused-ring (bicyclic) bond motifs is 1. The van der Waals surface area contributed by atoms with Gasteiger partial charge in [-0.25, -0.2) is 9.67 Å². The van der Waals surface area contributed by atoms with Crippen molar-refractivity contribution in [2.45, 2.75) is 51.0 Å². The summed E-state index contributed by atoms with van der Waals surface area (Å²) < 4.78 is 14.6. The molecule has 40 heavy (non-hydrogen) atoms. The van der Waals surface area contributed by atoms with E-state index >= 15 is 0 Å². The predicted octanol–water partition coefficient (Wildman–Crippen LogP) is 7.38. The number of hydrogen-bond donors (Lipinski definition) is 1. The molecule has 5 rings (SSSR count). The van der Waals surface area contributed by atoms with Gasteiger partial charge in [-0.1, -0.05) is 112 Å². The number of rotatable bonds is 8. The number of methoxy groups -OCH3 is 1. The highest BCUT2D eigenvalue weighted by Crippen LogP contribution is 2.45. The Hall–Kier alpha value is -3.94. The summed E-state index contributed by atoms with van der Waals surface area (Å²) in [5, 5.41) is 6.03. The van der Waals surface area contributed by atoms with Gasteiger partial charge in [0.15, 0.2) is 8.32 Å². The molecule has 0 radical (unpaired) electrons. The van der Waals surface area contributed by atoms with Crippen LogP contribution in [0.4, 0.5) is 5.82 Å². The molecule has 2 N–H and O–H groups in total. The van der Waals surface area contributed by atoms with Crippen LogP contribution in [0.3, 0.4) is 0 Å². The fraction of sp³-hybridized carbons (Fsp3) is 0.273. The molecular weight excluding hydrogens is 512 g/mol. The van der Waals surface area contributed by atoms with Crippen LogP contribution in [0.1, 0.15) is 43.2 Å². The van der Waals surface area contributed by atoms with E-state index in [9.17, 15) is 0 Å². The van der Waals surface area contributed by atoms with E-state index in [0.29, 0.717) is 18.3 Å². The third-order valence-corrected chi connectivity index (χ3v) is 12.7. The number of nitrogens with zero attached hydrogens (tertiary/aromatic N) is 3. The summed E-state index contributed by atoms with van der Waals surface area (Å²) in [5.74, 6) is 0.900. The maximum absolute atomic E-state index is 6.62. The van der Waals surface area contributed by atoms with E-state index in [1.54, 1.807) is 7.11 Å². The van der Waals surface area contributed by atoms with Crippen molar-refractivity contribution in [3.63, 3.8) is 0 Å². The zero-order valence-electron chi connectivity index (χ0n) is 24.2. The zero-order chi connectivity index (χ0) is 28.5. The molecule has 0 saturated heterocycles. The lowest BCUT2D eigenvalue weighted by Gasteiger charge is -2.37. The first-order chi connectivity index (χ1) is 19.1. The van der Waals surface area contributed by atoms with Gasteiger partial charge >= 0.3 is 0 Å². The molecule has 0 saturated carbocycles. The van der Waals surface area contributed by atoms with Crippen molar-refractivity contribution >= 4 is 25.0 Å². The SMILES string of the molecule is COc1nn(C(c2ccccc2)(c2ccccc2)c2ccccc2)c2cc(N)nc(CO[Si](C)(C)C(C)(C)C)c12. The van der Waals surface area contributed by atoms with E-state index in [2.05, 4.69) is 111 Å². The van der Waals surface area contributed by atoms with E-state index in [4.69, 9.17) is 25.0 Å². The Bertz CT molecular complexity index is 1500. The third-order valence-electron chi connectivity index (χ3n) is 8.19. The molecule has 3 aromatic carbocycles. The summed E-state index contributed by atoms with van der Waals surface area (Å²) in [4.78, 5) is 4.75. The number of aromatic nitrogens is 3. The van der Waals surface area contributed by atoms with Crippen LogP contribution in [-0.4, -0.2) is 30.2 Å². The van der Waals surface area contributed by atoms with Gasteiger partial charge in [-0.15, -0.1) is 5.10 Å². The summed E-state index contributed by atoms with van der Waals surface area (Å²) in [6.07, 6.45) is 0. The lowest BCUT2D eigenvalue weighted by Crippen LogP contribution is -2.40. The Morgan fingerprint density at radius 3 is 1.70 bits per heavy atom. The first kappa shape index (κ1) is 27.6. The van der Waals surface area contributed by atoms with E-state index in [0.717, 1.165) is 33.3 Å². The van der Waals surface area contributed by atoms with Gasteiger partial charge in [0, 0.05) is 6.07 Å². The summed E-state index contributed by atoms with van der Waals surface area (Å²) in [6, 6.07) is 33.2. The second-order valence-electron chi connectivity index (χ2n) is 11.7. The molecule has 5 aromatic rings. The van der Waals surface area contributed by atoms with Gasteiger partial charge in [-0.2, -0.15) is 0 Å². The maximum Gasteiger partial charge on any atom is 0.242 e. The minimum Gasteiger partial charge on any atom is -0.479 e. The largest absolute Gasteiger partial charge is 0.479 e.